The van der Waals surface area contributed by atoms with Crippen LogP contribution in [-0.4, -0.2) is 37.7 Å². The number of amides is 1. The minimum Gasteiger partial charge on any atom is -0.496 e. The number of carbonyl (C=O) groups is 1. The minimum absolute atomic E-state index is 0.199. The smallest absolute Gasteiger partial charge is 0.222 e. The summed E-state index contributed by atoms with van der Waals surface area (Å²) in [7, 11) is 3.53. The summed E-state index contributed by atoms with van der Waals surface area (Å²) < 4.78 is 11.2. The molecule has 0 radical (unpaired) electrons. The van der Waals surface area contributed by atoms with Gasteiger partial charge in [-0.3, -0.25) is 4.79 Å². The molecule has 1 aromatic rings. The van der Waals surface area contributed by atoms with Crippen LogP contribution in [0.3, 0.4) is 0 Å². The number of hydrogen-bond acceptors (Lipinski definition) is 3. The normalized spacial score (nSPS) is 21.3. The van der Waals surface area contributed by atoms with Crippen LogP contribution in [0.1, 0.15) is 38.7 Å². The van der Waals surface area contributed by atoms with Crippen molar-refractivity contribution in [2.75, 3.05) is 20.8 Å². The highest BCUT2D eigenvalue weighted by Gasteiger charge is 2.27. The number of para-hydroxylation sites is 1. The number of benzene rings is 1. The van der Waals surface area contributed by atoms with Gasteiger partial charge in [-0.25, -0.2) is 0 Å². The zero-order chi connectivity index (χ0) is 16.8. The number of methoxy groups -OCH3 is 1. The molecule has 0 bridgehead atoms. The lowest BCUT2D eigenvalue weighted by atomic mass is 9.88. The van der Waals surface area contributed by atoms with Crippen LogP contribution >= 0.6 is 0 Å². The summed E-state index contributed by atoms with van der Waals surface area (Å²) in [5.41, 5.74) is 1.04. The summed E-state index contributed by atoms with van der Waals surface area (Å²) in [5.74, 6) is 1.98. The molecular weight excluding hydrogens is 290 g/mol. The van der Waals surface area contributed by atoms with Gasteiger partial charge in [0.05, 0.1) is 13.2 Å². The molecule has 1 saturated heterocycles. The monoisotopic (exact) mass is 319 g/mol. The van der Waals surface area contributed by atoms with E-state index in [9.17, 15) is 4.79 Å². The van der Waals surface area contributed by atoms with E-state index in [1.54, 1.807) is 12.0 Å². The van der Waals surface area contributed by atoms with Crippen LogP contribution in [0.5, 0.6) is 5.75 Å². The summed E-state index contributed by atoms with van der Waals surface area (Å²) in [6, 6.07) is 7.85. The largest absolute Gasteiger partial charge is 0.496 e. The van der Waals surface area contributed by atoms with Gasteiger partial charge in [0.25, 0.3) is 0 Å². The third-order valence-electron chi connectivity index (χ3n) is 4.66. The van der Waals surface area contributed by atoms with E-state index in [0.717, 1.165) is 30.8 Å². The van der Waals surface area contributed by atoms with Gasteiger partial charge in [-0.15, -0.1) is 0 Å². The second kappa shape index (κ2) is 8.34. The van der Waals surface area contributed by atoms with Gasteiger partial charge < -0.3 is 14.4 Å². The highest BCUT2D eigenvalue weighted by molar-refractivity contribution is 5.76. The van der Waals surface area contributed by atoms with Crippen molar-refractivity contribution >= 4 is 5.91 Å². The Morgan fingerprint density at radius 1 is 1.39 bits per heavy atom. The predicted octanol–water partition coefficient (Wildman–Crippen LogP) is 3.49. The first kappa shape index (κ1) is 17.8. The summed E-state index contributed by atoms with van der Waals surface area (Å²) >= 11 is 0. The fraction of sp³-hybridized carbons (Fsp3) is 0.632. The van der Waals surface area contributed by atoms with E-state index in [-0.39, 0.29) is 5.91 Å². The topological polar surface area (TPSA) is 38.8 Å². The zero-order valence-electron chi connectivity index (χ0n) is 14.7. The molecule has 0 aliphatic carbocycles. The summed E-state index contributed by atoms with van der Waals surface area (Å²) in [5, 5.41) is 0. The molecule has 1 amide bonds. The Morgan fingerprint density at radius 3 is 2.83 bits per heavy atom. The van der Waals surface area contributed by atoms with E-state index in [0.29, 0.717) is 30.9 Å². The van der Waals surface area contributed by atoms with Gasteiger partial charge >= 0.3 is 0 Å². The van der Waals surface area contributed by atoms with Gasteiger partial charge in [0.15, 0.2) is 0 Å². The van der Waals surface area contributed by atoms with Gasteiger partial charge in [0.2, 0.25) is 5.91 Å². The van der Waals surface area contributed by atoms with Crippen LogP contribution in [0.25, 0.3) is 0 Å². The average Bonchev–Trinajstić information content (AvgIpc) is 2.55. The second-order valence-electron chi connectivity index (χ2n) is 6.81. The van der Waals surface area contributed by atoms with Crippen molar-refractivity contribution in [3.05, 3.63) is 29.8 Å². The zero-order valence-corrected chi connectivity index (χ0v) is 14.7. The minimum atomic E-state index is 0.199. The van der Waals surface area contributed by atoms with E-state index >= 15 is 0 Å². The number of hydrogen-bond donors (Lipinski definition) is 0. The van der Waals surface area contributed by atoms with E-state index in [1.165, 1.54) is 0 Å². The summed E-state index contributed by atoms with van der Waals surface area (Å²) in [4.78, 5) is 14.3. The molecule has 23 heavy (non-hydrogen) atoms. The first-order valence-electron chi connectivity index (χ1n) is 8.48. The Labute approximate surface area is 139 Å². The summed E-state index contributed by atoms with van der Waals surface area (Å²) in [6.45, 7) is 5.72. The Bertz CT molecular complexity index is 515. The van der Waals surface area contributed by atoms with E-state index in [1.807, 2.05) is 31.3 Å². The van der Waals surface area contributed by atoms with Crippen molar-refractivity contribution in [3.63, 3.8) is 0 Å². The fourth-order valence-electron chi connectivity index (χ4n) is 3.13. The molecule has 2 rings (SSSR count). The predicted molar refractivity (Wildman–Crippen MR) is 91.4 cm³/mol. The molecule has 1 aromatic carbocycles. The molecule has 1 heterocycles. The first-order valence-corrected chi connectivity index (χ1v) is 8.48. The van der Waals surface area contributed by atoms with Crippen LogP contribution in [0, 0.1) is 11.8 Å². The Morgan fingerprint density at radius 2 is 2.13 bits per heavy atom. The number of carbonyl (C=O) groups excluding carboxylic acids is 1. The second-order valence-corrected chi connectivity index (χ2v) is 6.81. The van der Waals surface area contributed by atoms with Crippen LogP contribution in [-0.2, 0) is 16.1 Å². The van der Waals surface area contributed by atoms with Gasteiger partial charge in [-0.05, 0) is 30.7 Å². The van der Waals surface area contributed by atoms with Crippen molar-refractivity contribution in [2.24, 2.45) is 11.8 Å². The molecule has 4 nitrogen and oxygen atoms in total. The fourth-order valence-corrected chi connectivity index (χ4v) is 3.13. The first-order chi connectivity index (χ1) is 11.0. The van der Waals surface area contributed by atoms with E-state index < -0.39 is 0 Å². The molecular formula is C19H29NO3. The Balaban J connectivity index is 1.90. The summed E-state index contributed by atoms with van der Waals surface area (Å²) in [6.07, 6.45) is 2.88. The van der Waals surface area contributed by atoms with Crippen LogP contribution in [0.4, 0.5) is 0 Å². The van der Waals surface area contributed by atoms with E-state index in [4.69, 9.17) is 9.47 Å². The van der Waals surface area contributed by atoms with Crippen molar-refractivity contribution in [1.82, 2.24) is 4.90 Å². The molecule has 1 fully saturated rings. The lowest BCUT2D eigenvalue weighted by Gasteiger charge is -2.32. The molecule has 2 atom stereocenters. The maximum absolute atomic E-state index is 12.5. The van der Waals surface area contributed by atoms with Crippen LogP contribution in [0.15, 0.2) is 24.3 Å². The molecule has 128 valence electrons. The number of nitrogens with zero attached hydrogens (tertiary/aromatic N) is 1. The molecule has 1 aliphatic rings. The quantitative estimate of drug-likeness (QED) is 0.805. The van der Waals surface area contributed by atoms with Crippen molar-refractivity contribution in [3.8, 4) is 5.75 Å². The molecule has 0 aromatic heterocycles. The lowest BCUT2D eigenvalue weighted by molar-refractivity contribution is -0.133. The molecule has 0 spiro atoms. The van der Waals surface area contributed by atoms with Gasteiger partial charge in [-0.2, -0.15) is 0 Å². The highest BCUT2D eigenvalue weighted by atomic mass is 16.5. The lowest BCUT2D eigenvalue weighted by Crippen LogP contribution is -2.34. The molecule has 2 unspecified atom stereocenters. The maximum Gasteiger partial charge on any atom is 0.222 e. The molecule has 0 saturated carbocycles. The molecule has 4 heteroatoms. The third-order valence-corrected chi connectivity index (χ3v) is 4.66. The SMILES string of the molecule is COc1ccccc1CN(C)C(=O)CC1CCOC(C(C)C)C1. The van der Waals surface area contributed by atoms with Gasteiger partial charge in [-0.1, -0.05) is 32.0 Å². The Kier molecular flexibility index (Phi) is 6.46. The van der Waals surface area contributed by atoms with Gasteiger partial charge in [0.1, 0.15) is 5.75 Å². The van der Waals surface area contributed by atoms with Crippen molar-refractivity contribution < 1.29 is 14.3 Å². The highest BCUT2D eigenvalue weighted by Crippen LogP contribution is 2.28. The molecule has 1 aliphatic heterocycles. The third kappa shape index (κ3) is 4.96. The van der Waals surface area contributed by atoms with Crippen LogP contribution in [0.2, 0.25) is 0 Å². The average molecular weight is 319 g/mol. The Hall–Kier alpha value is -1.55. The number of ether oxygens (including phenoxy) is 2. The standard InChI is InChI=1S/C19H29NO3/c1-14(2)18-11-15(9-10-23-18)12-19(21)20(3)13-16-7-5-6-8-17(16)22-4/h5-8,14-15,18H,9-13H2,1-4H3. The van der Waals surface area contributed by atoms with Crippen LogP contribution < -0.4 is 4.74 Å². The van der Waals surface area contributed by atoms with Gasteiger partial charge in [0, 0.05) is 32.2 Å². The van der Waals surface area contributed by atoms with E-state index in [2.05, 4.69) is 13.8 Å². The van der Waals surface area contributed by atoms with Crippen molar-refractivity contribution in [2.45, 2.75) is 45.8 Å². The van der Waals surface area contributed by atoms with Crippen molar-refractivity contribution in [1.29, 1.82) is 0 Å². The number of rotatable bonds is 6. The molecule has 0 N–H and O–H groups in total. The maximum atomic E-state index is 12.5.